The average molecular weight is 703 g/mol. The van der Waals surface area contributed by atoms with Crippen molar-refractivity contribution in [2.24, 2.45) is 4.99 Å². The molecule has 0 saturated carbocycles. The minimum atomic E-state index is 0.199. The smallest absolute Gasteiger partial charge is 0.152 e. The van der Waals surface area contributed by atoms with Gasteiger partial charge in [-0.2, -0.15) is 0 Å². The van der Waals surface area contributed by atoms with Crippen molar-refractivity contribution in [2.45, 2.75) is 0 Å². The van der Waals surface area contributed by atoms with Gasteiger partial charge in [-0.25, -0.2) is 4.99 Å². The van der Waals surface area contributed by atoms with Crippen LogP contribution < -0.4 is 0 Å². The number of benzene rings is 9. The van der Waals surface area contributed by atoms with Crippen LogP contribution in [0, 0.1) is 5.41 Å². The van der Waals surface area contributed by atoms with E-state index in [-0.39, 0.29) is 5.84 Å². The molecular formula is C52H34N2O. The van der Waals surface area contributed by atoms with Crippen molar-refractivity contribution < 1.29 is 4.42 Å². The Kier molecular flexibility index (Phi) is 7.96. The van der Waals surface area contributed by atoms with Gasteiger partial charge in [0.1, 0.15) is 11.2 Å². The van der Waals surface area contributed by atoms with Gasteiger partial charge in [-0.15, -0.1) is 0 Å². The van der Waals surface area contributed by atoms with Crippen LogP contribution in [0.3, 0.4) is 0 Å². The molecule has 258 valence electrons. The molecule has 1 heterocycles. The van der Waals surface area contributed by atoms with Crippen molar-refractivity contribution in [1.29, 1.82) is 5.41 Å². The van der Waals surface area contributed by atoms with Gasteiger partial charge in [0.25, 0.3) is 0 Å². The number of hydrogen-bond donors (Lipinski definition) is 1. The van der Waals surface area contributed by atoms with Crippen LogP contribution >= 0.6 is 0 Å². The largest absolute Gasteiger partial charge is 0.456 e. The minimum absolute atomic E-state index is 0.199. The van der Waals surface area contributed by atoms with Crippen LogP contribution in [0.25, 0.3) is 82.6 Å². The van der Waals surface area contributed by atoms with Crippen molar-refractivity contribution in [3.8, 4) is 22.3 Å². The number of aliphatic imine (C=N–C) groups is 1. The summed E-state index contributed by atoms with van der Waals surface area (Å²) in [4.78, 5) is 4.86. The van der Waals surface area contributed by atoms with Crippen molar-refractivity contribution >= 4 is 71.9 Å². The predicted molar refractivity (Wildman–Crippen MR) is 232 cm³/mol. The molecule has 9 aromatic carbocycles. The number of para-hydroxylation sites is 1. The van der Waals surface area contributed by atoms with E-state index in [9.17, 15) is 0 Å². The zero-order chi connectivity index (χ0) is 36.7. The fraction of sp³-hybridized carbons (Fsp3) is 0. The van der Waals surface area contributed by atoms with E-state index in [0.717, 1.165) is 44.2 Å². The summed E-state index contributed by atoms with van der Waals surface area (Å²) < 4.78 is 6.24. The minimum Gasteiger partial charge on any atom is -0.456 e. The molecule has 0 aliphatic heterocycles. The number of nitrogens with one attached hydrogen (secondary N) is 1. The number of amidine groups is 1. The predicted octanol–water partition coefficient (Wildman–Crippen LogP) is 13.9. The number of fused-ring (bicyclic) bond motifs is 7. The summed E-state index contributed by atoms with van der Waals surface area (Å²) in [7, 11) is 0. The molecule has 0 saturated heterocycles. The van der Waals surface area contributed by atoms with E-state index in [1.165, 1.54) is 49.0 Å². The van der Waals surface area contributed by atoms with Gasteiger partial charge in [0.15, 0.2) is 5.84 Å². The normalized spacial score (nSPS) is 12.1. The van der Waals surface area contributed by atoms with Crippen LogP contribution in [0.2, 0.25) is 0 Å². The second kappa shape index (κ2) is 13.6. The molecule has 3 heteroatoms. The number of hydrogen-bond acceptors (Lipinski definition) is 2. The SMILES string of the molecule is N=C(N=C(/C=C/c1ccc(-c2c3ccccc3c(-c3ccccc3)c3ccc4ccccc4c23)cc1)c1ccc2c(c1)oc1ccccc12)c1ccccc1. The molecule has 10 aromatic rings. The number of allylic oxidation sites excluding steroid dienone is 1. The van der Waals surface area contributed by atoms with Crippen LogP contribution in [0.4, 0.5) is 0 Å². The van der Waals surface area contributed by atoms with E-state index in [1.54, 1.807) is 0 Å². The molecule has 0 aliphatic rings. The zero-order valence-electron chi connectivity index (χ0n) is 29.9. The van der Waals surface area contributed by atoms with Crippen LogP contribution in [0.1, 0.15) is 16.7 Å². The highest BCUT2D eigenvalue weighted by atomic mass is 16.3. The van der Waals surface area contributed by atoms with Gasteiger partial charge in [-0.05, 0) is 84.4 Å². The summed E-state index contributed by atoms with van der Waals surface area (Å²) in [5, 5.41) is 18.4. The molecule has 0 unspecified atom stereocenters. The second-order valence-electron chi connectivity index (χ2n) is 13.8. The van der Waals surface area contributed by atoms with E-state index in [2.05, 4.69) is 140 Å². The lowest BCUT2D eigenvalue weighted by Gasteiger charge is -2.19. The quantitative estimate of drug-likeness (QED) is 0.0797. The molecule has 0 fully saturated rings. The highest BCUT2D eigenvalue weighted by molar-refractivity contribution is 6.28. The molecular weight excluding hydrogens is 669 g/mol. The Morgan fingerprint density at radius 2 is 1.05 bits per heavy atom. The van der Waals surface area contributed by atoms with E-state index in [0.29, 0.717) is 5.71 Å². The van der Waals surface area contributed by atoms with Crippen LogP contribution in [-0.2, 0) is 0 Å². The number of furan rings is 1. The molecule has 0 atom stereocenters. The highest BCUT2D eigenvalue weighted by Crippen LogP contribution is 2.46. The summed E-state index contributed by atoms with van der Waals surface area (Å²) in [5.74, 6) is 0.199. The van der Waals surface area contributed by atoms with Gasteiger partial charge in [-0.1, -0.05) is 176 Å². The Hall–Kier alpha value is -7.36. The van der Waals surface area contributed by atoms with Crippen LogP contribution in [0.5, 0.6) is 0 Å². The van der Waals surface area contributed by atoms with Gasteiger partial charge in [-0.3, -0.25) is 5.41 Å². The maximum atomic E-state index is 8.88. The third-order valence-corrected chi connectivity index (χ3v) is 10.6. The van der Waals surface area contributed by atoms with Crippen molar-refractivity contribution in [1.82, 2.24) is 0 Å². The van der Waals surface area contributed by atoms with Gasteiger partial charge < -0.3 is 4.42 Å². The summed E-state index contributed by atoms with van der Waals surface area (Å²) in [6.45, 7) is 0. The van der Waals surface area contributed by atoms with E-state index >= 15 is 0 Å². The third kappa shape index (κ3) is 5.80. The third-order valence-electron chi connectivity index (χ3n) is 10.6. The van der Waals surface area contributed by atoms with Crippen molar-refractivity contribution in [3.05, 3.63) is 211 Å². The molecule has 1 aromatic heterocycles. The first kappa shape index (κ1) is 32.3. The summed E-state index contributed by atoms with van der Waals surface area (Å²) in [6.07, 6.45) is 4.08. The molecule has 10 rings (SSSR count). The number of rotatable bonds is 6. The zero-order valence-corrected chi connectivity index (χ0v) is 29.9. The molecule has 0 radical (unpaired) electrons. The fourth-order valence-corrected chi connectivity index (χ4v) is 7.96. The maximum absolute atomic E-state index is 8.88. The molecule has 55 heavy (non-hydrogen) atoms. The highest BCUT2D eigenvalue weighted by Gasteiger charge is 2.18. The molecule has 0 spiro atoms. The van der Waals surface area contributed by atoms with Gasteiger partial charge in [0.2, 0.25) is 0 Å². The lowest BCUT2D eigenvalue weighted by molar-refractivity contribution is 0.669. The molecule has 0 amide bonds. The van der Waals surface area contributed by atoms with E-state index in [4.69, 9.17) is 14.8 Å². The molecule has 0 aliphatic carbocycles. The summed E-state index contributed by atoms with van der Waals surface area (Å²) in [6, 6.07) is 65.5. The first-order chi connectivity index (χ1) is 27.2. The van der Waals surface area contributed by atoms with Gasteiger partial charge >= 0.3 is 0 Å². The molecule has 1 N–H and O–H groups in total. The average Bonchev–Trinajstić information content (AvgIpc) is 3.63. The standard InChI is InChI=1S/C52H34N2O/c53-52(38-16-5-2-6-17-38)54-46(39-29-30-42-41-19-11-12-22-47(41)55-48(42)33-39)32-25-34-23-26-37(27-24-34)50-44-21-10-9-20-43(44)49(36-14-3-1-4-15-36)45-31-28-35-13-7-8-18-40(35)51(45)50/h1-33,53H/b32-25+,53-52?,54-46?. The van der Waals surface area contributed by atoms with Crippen molar-refractivity contribution in [3.63, 3.8) is 0 Å². The maximum Gasteiger partial charge on any atom is 0.152 e. The second-order valence-corrected chi connectivity index (χ2v) is 13.8. The summed E-state index contributed by atoms with van der Waals surface area (Å²) >= 11 is 0. The number of nitrogens with zero attached hydrogens (tertiary/aromatic N) is 1. The molecule has 0 bridgehead atoms. The fourth-order valence-electron chi connectivity index (χ4n) is 7.96. The lowest BCUT2D eigenvalue weighted by Crippen LogP contribution is -2.03. The van der Waals surface area contributed by atoms with Gasteiger partial charge in [0.05, 0.1) is 5.71 Å². The summed E-state index contributed by atoms with van der Waals surface area (Å²) in [5.41, 5.74) is 9.85. The van der Waals surface area contributed by atoms with Gasteiger partial charge in [0, 0.05) is 21.9 Å². The first-order valence-corrected chi connectivity index (χ1v) is 18.5. The Balaban J connectivity index is 1.10. The van der Waals surface area contributed by atoms with Crippen LogP contribution in [-0.4, -0.2) is 11.5 Å². The molecule has 3 nitrogen and oxygen atoms in total. The topological polar surface area (TPSA) is 49.4 Å². The lowest BCUT2D eigenvalue weighted by atomic mass is 9.84. The Labute approximate surface area is 318 Å². The Morgan fingerprint density at radius 1 is 0.455 bits per heavy atom. The Bertz CT molecular complexity index is 3140. The monoisotopic (exact) mass is 702 g/mol. The first-order valence-electron chi connectivity index (χ1n) is 18.5. The van der Waals surface area contributed by atoms with E-state index < -0.39 is 0 Å². The van der Waals surface area contributed by atoms with Crippen LogP contribution in [0.15, 0.2) is 204 Å². The van der Waals surface area contributed by atoms with Crippen molar-refractivity contribution in [2.75, 3.05) is 0 Å². The van der Waals surface area contributed by atoms with E-state index in [1.807, 2.05) is 60.7 Å². The Morgan fingerprint density at radius 3 is 1.84 bits per heavy atom.